The number of nitrogens with two attached hydrogens (primary N) is 1. The highest BCUT2D eigenvalue weighted by Crippen LogP contribution is 2.31. The van der Waals surface area contributed by atoms with Crippen molar-refractivity contribution in [2.75, 3.05) is 25.2 Å². The zero-order chi connectivity index (χ0) is 16.0. The Morgan fingerprint density at radius 1 is 1.29 bits per heavy atom. The van der Waals surface area contributed by atoms with E-state index in [0.29, 0.717) is 18.2 Å². The van der Waals surface area contributed by atoms with Crippen LogP contribution in [0.2, 0.25) is 0 Å². The van der Waals surface area contributed by atoms with E-state index in [1.54, 1.807) is 20.1 Å². The first-order chi connectivity index (χ1) is 9.96. The number of rotatable bonds is 8. The second kappa shape index (κ2) is 8.35. The standard InChI is InChI=1S/C17H29FN2O/c1-6-14(7-2)20(8-9-21-5)17-10-12(3)16(18)11-15(17)13(4)19/h10-11,13-14H,6-9,19H2,1-5H3/t13-/m1/s1. The van der Waals surface area contributed by atoms with Crippen LogP contribution in [0.15, 0.2) is 12.1 Å². The SMILES string of the molecule is CCC(CC)N(CCOC)c1cc(C)c(F)cc1[C@@H](C)N. The number of halogens is 1. The molecule has 0 unspecified atom stereocenters. The fourth-order valence-corrected chi connectivity index (χ4v) is 2.71. The van der Waals surface area contributed by atoms with Crippen molar-refractivity contribution in [3.8, 4) is 0 Å². The molecule has 0 radical (unpaired) electrons. The molecule has 21 heavy (non-hydrogen) atoms. The highest BCUT2D eigenvalue weighted by atomic mass is 19.1. The lowest BCUT2D eigenvalue weighted by Gasteiger charge is -2.35. The van der Waals surface area contributed by atoms with Gasteiger partial charge in [0.05, 0.1) is 6.61 Å². The molecule has 0 heterocycles. The summed E-state index contributed by atoms with van der Waals surface area (Å²) in [5.74, 6) is -0.192. The van der Waals surface area contributed by atoms with Gasteiger partial charge < -0.3 is 15.4 Å². The number of hydrogen-bond acceptors (Lipinski definition) is 3. The Kier molecular flexibility index (Phi) is 7.12. The molecule has 0 aliphatic carbocycles. The van der Waals surface area contributed by atoms with Crippen molar-refractivity contribution in [1.82, 2.24) is 0 Å². The Labute approximate surface area is 128 Å². The number of hydrogen-bond donors (Lipinski definition) is 1. The van der Waals surface area contributed by atoms with Gasteiger partial charge in [0.1, 0.15) is 5.82 Å². The Hall–Kier alpha value is -1.13. The normalized spacial score (nSPS) is 12.8. The minimum absolute atomic E-state index is 0.192. The number of nitrogens with zero attached hydrogens (tertiary/aromatic N) is 1. The van der Waals surface area contributed by atoms with E-state index in [9.17, 15) is 4.39 Å². The molecule has 1 aromatic carbocycles. The lowest BCUT2D eigenvalue weighted by molar-refractivity contribution is 0.202. The molecule has 0 aliphatic heterocycles. The van der Waals surface area contributed by atoms with Gasteiger partial charge >= 0.3 is 0 Å². The maximum absolute atomic E-state index is 13.9. The van der Waals surface area contributed by atoms with Crippen molar-refractivity contribution in [2.24, 2.45) is 5.73 Å². The summed E-state index contributed by atoms with van der Waals surface area (Å²) in [5, 5.41) is 0. The van der Waals surface area contributed by atoms with Gasteiger partial charge in [-0.05, 0) is 49.9 Å². The molecular weight excluding hydrogens is 267 g/mol. The first-order valence-electron chi connectivity index (χ1n) is 7.77. The molecule has 0 amide bonds. The minimum Gasteiger partial charge on any atom is -0.383 e. The lowest BCUT2D eigenvalue weighted by atomic mass is 10.00. The Bertz CT molecular complexity index is 445. The van der Waals surface area contributed by atoms with Crippen molar-refractivity contribution in [3.63, 3.8) is 0 Å². The number of ether oxygens (including phenoxy) is 1. The van der Waals surface area contributed by atoms with E-state index in [0.717, 1.165) is 30.6 Å². The summed E-state index contributed by atoms with van der Waals surface area (Å²) in [6, 6.07) is 3.71. The fraction of sp³-hybridized carbons (Fsp3) is 0.647. The summed E-state index contributed by atoms with van der Waals surface area (Å²) >= 11 is 0. The summed E-state index contributed by atoms with van der Waals surface area (Å²) in [5.41, 5.74) is 8.61. The molecule has 0 aliphatic rings. The van der Waals surface area contributed by atoms with Crippen LogP contribution in [-0.2, 0) is 4.74 Å². The van der Waals surface area contributed by atoms with E-state index < -0.39 is 0 Å². The quantitative estimate of drug-likeness (QED) is 0.793. The third kappa shape index (κ3) is 4.42. The average molecular weight is 296 g/mol. The molecule has 0 saturated heterocycles. The average Bonchev–Trinajstić information content (AvgIpc) is 2.46. The van der Waals surface area contributed by atoms with Gasteiger partial charge in [-0.2, -0.15) is 0 Å². The fourth-order valence-electron chi connectivity index (χ4n) is 2.71. The molecule has 0 saturated carbocycles. The largest absolute Gasteiger partial charge is 0.383 e. The summed E-state index contributed by atoms with van der Waals surface area (Å²) in [4.78, 5) is 2.31. The van der Waals surface area contributed by atoms with Gasteiger partial charge in [0.25, 0.3) is 0 Å². The van der Waals surface area contributed by atoms with Gasteiger partial charge in [0, 0.05) is 31.4 Å². The van der Waals surface area contributed by atoms with Crippen molar-refractivity contribution in [2.45, 2.75) is 52.6 Å². The molecule has 0 bridgehead atoms. The lowest BCUT2D eigenvalue weighted by Crippen LogP contribution is -2.38. The van der Waals surface area contributed by atoms with Crippen LogP contribution in [0.25, 0.3) is 0 Å². The summed E-state index contributed by atoms with van der Waals surface area (Å²) in [7, 11) is 1.70. The molecule has 0 aromatic heterocycles. The van der Waals surface area contributed by atoms with E-state index in [4.69, 9.17) is 10.5 Å². The van der Waals surface area contributed by atoms with Gasteiger partial charge in [0.2, 0.25) is 0 Å². The minimum atomic E-state index is -0.200. The van der Waals surface area contributed by atoms with E-state index >= 15 is 0 Å². The van der Waals surface area contributed by atoms with Gasteiger partial charge in [-0.3, -0.25) is 0 Å². The molecule has 0 fully saturated rings. The van der Waals surface area contributed by atoms with Gasteiger partial charge in [-0.15, -0.1) is 0 Å². The summed E-state index contributed by atoms with van der Waals surface area (Å²) in [6.45, 7) is 9.48. The third-order valence-electron chi connectivity index (χ3n) is 4.03. The highest BCUT2D eigenvalue weighted by Gasteiger charge is 2.21. The summed E-state index contributed by atoms with van der Waals surface area (Å²) < 4.78 is 19.1. The topological polar surface area (TPSA) is 38.5 Å². The summed E-state index contributed by atoms with van der Waals surface area (Å²) in [6.07, 6.45) is 2.07. The maximum atomic E-state index is 13.9. The number of methoxy groups -OCH3 is 1. The van der Waals surface area contributed by atoms with Crippen LogP contribution < -0.4 is 10.6 Å². The predicted molar refractivity (Wildman–Crippen MR) is 87.3 cm³/mol. The van der Waals surface area contributed by atoms with Crippen molar-refractivity contribution in [1.29, 1.82) is 0 Å². The van der Waals surface area contributed by atoms with Crippen molar-refractivity contribution in [3.05, 3.63) is 29.1 Å². The molecule has 1 rings (SSSR count). The molecule has 4 heteroatoms. The Morgan fingerprint density at radius 3 is 2.38 bits per heavy atom. The molecule has 1 atom stereocenters. The van der Waals surface area contributed by atoms with Gasteiger partial charge in [-0.25, -0.2) is 4.39 Å². The van der Waals surface area contributed by atoms with Crippen LogP contribution in [0.5, 0.6) is 0 Å². The van der Waals surface area contributed by atoms with Gasteiger partial charge in [-0.1, -0.05) is 13.8 Å². The first-order valence-corrected chi connectivity index (χ1v) is 7.77. The second-order valence-electron chi connectivity index (χ2n) is 5.61. The van der Waals surface area contributed by atoms with Crippen LogP contribution in [-0.4, -0.2) is 26.3 Å². The van der Waals surface area contributed by atoms with Crippen LogP contribution in [0.4, 0.5) is 10.1 Å². The second-order valence-corrected chi connectivity index (χ2v) is 5.61. The van der Waals surface area contributed by atoms with Crippen LogP contribution in [0.1, 0.15) is 50.8 Å². The van der Waals surface area contributed by atoms with E-state index in [2.05, 4.69) is 18.7 Å². The molecule has 3 nitrogen and oxygen atoms in total. The number of aryl methyl sites for hydroxylation is 1. The van der Waals surface area contributed by atoms with Gasteiger partial charge in [0.15, 0.2) is 0 Å². The zero-order valence-electron chi connectivity index (χ0n) is 13.9. The third-order valence-corrected chi connectivity index (χ3v) is 4.03. The smallest absolute Gasteiger partial charge is 0.126 e. The molecular formula is C17H29FN2O. The van der Waals surface area contributed by atoms with Crippen LogP contribution in [0, 0.1) is 12.7 Å². The van der Waals surface area contributed by atoms with E-state index in [1.807, 2.05) is 13.0 Å². The molecule has 0 spiro atoms. The number of anilines is 1. The number of benzene rings is 1. The Balaban J connectivity index is 3.30. The monoisotopic (exact) mass is 296 g/mol. The highest BCUT2D eigenvalue weighted by molar-refractivity contribution is 5.58. The van der Waals surface area contributed by atoms with Crippen molar-refractivity contribution >= 4 is 5.69 Å². The van der Waals surface area contributed by atoms with E-state index in [1.165, 1.54) is 0 Å². The maximum Gasteiger partial charge on any atom is 0.126 e. The van der Waals surface area contributed by atoms with E-state index in [-0.39, 0.29) is 11.9 Å². The molecule has 120 valence electrons. The first kappa shape index (κ1) is 17.9. The molecule has 2 N–H and O–H groups in total. The van der Waals surface area contributed by atoms with Crippen molar-refractivity contribution < 1.29 is 9.13 Å². The zero-order valence-corrected chi connectivity index (χ0v) is 13.9. The predicted octanol–water partition coefficient (Wildman–Crippen LogP) is 3.80. The van der Waals surface area contributed by atoms with Crippen LogP contribution in [0.3, 0.4) is 0 Å². The Morgan fingerprint density at radius 2 is 1.90 bits per heavy atom. The van der Waals surface area contributed by atoms with Crippen LogP contribution >= 0.6 is 0 Å². The molecule has 1 aromatic rings.